The van der Waals surface area contributed by atoms with Gasteiger partial charge in [0.05, 0.1) is 22.1 Å². The second-order valence-corrected chi connectivity index (χ2v) is 11.8. The maximum Gasteiger partial charge on any atom is 0.160 e. The first-order valence-electron chi connectivity index (χ1n) is 15.3. The average Bonchev–Trinajstić information content (AvgIpc) is 3.46. The molecule has 0 aliphatic carbocycles. The van der Waals surface area contributed by atoms with Gasteiger partial charge >= 0.3 is 0 Å². The van der Waals surface area contributed by atoms with Crippen LogP contribution in [-0.4, -0.2) is 14.5 Å². The SMILES string of the molecule is c1ccc(-n2c3ccc4cc3c3c(cc5ccccc5c32)c2nc(nc3ccccc32)c2cccc(c2)c2ccccc42)cc1. The van der Waals surface area contributed by atoms with E-state index in [0.717, 1.165) is 43.9 Å². The van der Waals surface area contributed by atoms with Gasteiger partial charge in [0.2, 0.25) is 0 Å². The number of rotatable bonds is 1. The fraction of sp³-hybridized carbons (Fsp3) is 0. The molecule has 0 saturated carbocycles. The molecule has 3 nitrogen and oxygen atoms in total. The minimum absolute atomic E-state index is 0.731. The summed E-state index contributed by atoms with van der Waals surface area (Å²) in [5, 5.41) is 12.7. The van der Waals surface area contributed by atoms with Crippen LogP contribution in [0.15, 0.2) is 152 Å². The van der Waals surface area contributed by atoms with E-state index in [4.69, 9.17) is 9.97 Å². The van der Waals surface area contributed by atoms with E-state index in [1.165, 1.54) is 48.7 Å². The van der Waals surface area contributed by atoms with E-state index < -0.39 is 0 Å². The molecule has 0 N–H and O–H groups in total. The highest BCUT2D eigenvalue weighted by molar-refractivity contribution is 6.30. The number of hydrogen-bond donors (Lipinski definition) is 0. The second kappa shape index (κ2) is 9.22. The normalized spacial score (nSPS) is 12.0. The van der Waals surface area contributed by atoms with E-state index in [-0.39, 0.29) is 0 Å². The van der Waals surface area contributed by atoms with Crippen molar-refractivity contribution < 1.29 is 0 Å². The number of nitrogens with zero attached hydrogens (tertiary/aromatic N) is 3. The van der Waals surface area contributed by atoms with Crippen LogP contribution in [0.2, 0.25) is 0 Å². The Morgan fingerprint density at radius 1 is 0.400 bits per heavy atom. The molecule has 45 heavy (non-hydrogen) atoms. The van der Waals surface area contributed by atoms with Gasteiger partial charge in [-0.25, -0.2) is 9.97 Å². The Hall–Kier alpha value is -6.06. The van der Waals surface area contributed by atoms with Gasteiger partial charge in [-0.15, -0.1) is 0 Å². The van der Waals surface area contributed by atoms with Crippen LogP contribution in [0.1, 0.15) is 0 Å². The summed E-state index contributed by atoms with van der Waals surface area (Å²) in [6.45, 7) is 0. The second-order valence-electron chi connectivity index (χ2n) is 11.8. The van der Waals surface area contributed by atoms with Gasteiger partial charge in [0, 0.05) is 38.0 Å². The fourth-order valence-corrected chi connectivity index (χ4v) is 7.31. The molecule has 0 aliphatic rings. The zero-order valence-corrected chi connectivity index (χ0v) is 24.3. The zero-order chi connectivity index (χ0) is 29.5. The first kappa shape index (κ1) is 24.4. The topological polar surface area (TPSA) is 30.7 Å². The quantitative estimate of drug-likeness (QED) is 0.196. The van der Waals surface area contributed by atoms with Gasteiger partial charge in [0.1, 0.15) is 0 Å². The number of hydrogen-bond acceptors (Lipinski definition) is 2. The van der Waals surface area contributed by atoms with Crippen LogP contribution in [0.5, 0.6) is 0 Å². The summed E-state index contributed by atoms with van der Waals surface area (Å²) in [4.78, 5) is 10.5. The molecule has 0 amide bonds. The van der Waals surface area contributed by atoms with E-state index >= 15 is 0 Å². The third-order valence-corrected chi connectivity index (χ3v) is 9.29. The Kier molecular flexibility index (Phi) is 5.00. The van der Waals surface area contributed by atoms with E-state index in [9.17, 15) is 0 Å². The van der Waals surface area contributed by atoms with Crippen molar-refractivity contribution in [2.45, 2.75) is 0 Å². The lowest BCUT2D eigenvalue weighted by molar-refractivity contribution is 1.19. The highest BCUT2D eigenvalue weighted by atomic mass is 15.0. The zero-order valence-electron chi connectivity index (χ0n) is 24.3. The molecule has 3 aromatic heterocycles. The highest BCUT2D eigenvalue weighted by Crippen LogP contribution is 2.42. The number of benzene rings is 7. The Morgan fingerprint density at radius 2 is 1.02 bits per heavy atom. The van der Waals surface area contributed by atoms with E-state index in [0.29, 0.717) is 0 Å². The molecular formula is C42H25N3. The molecular weight excluding hydrogens is 546 g/mol. The summed E-state index contributed by atoms with van der Waals surface area (Å²) in [5.41, 5.74) is 6.11. The molecule has 0 atom stereocenters. The van der Waals surface area contributed by atoms with Gasteiger partial charge in [0.15, 0.2) is 5.65 Å². The summed E-state index contributed by atoms with van der Waals surface area (Å²) >= 11 is 0. The summed E-state index contributed by atoms with van der Waals surface area (Å²) in [5.74, 6) is 0. The van der Waals surface area contributed by atoms with Crippen molar-refractivity contribution >= 4 is 87.0 Å². The molecule has 0 radical (unpaired) electrons. The van der Waals surface area contributed by atoms with Gasteiger partial charge in [-0.1, -0.05) is 109 Å². The standard InChI is InChI=1S/C42H25N3/c1-2-14-30(15-3-1)45-38-22-21-28-24-35(38)39-36(25-27-11-4-5-18-33(27)41(39)45)40-34-19-8-9-20-37(34)43-42(44-40)29-13-10-12-26(23-29)31-16-6-7-17-32(28)31/h1-25H. The van der Waals surface area contributed by atoms with Gasteiger partial charge in [0.25, 0.3) is 0 Å². The highest BCUT2D eigenvalue weighted by Gasteiger charge is 2.19. The molecule has 0 fully saturated rings. The Balaban J connectivity index is 1.62. The van der Waals surface area contributed by atoms with Crippen molar-refractivity contribution in [3.8, 4) is 5.69 Å². The molecule has 3 heteroatoms. The molecule has 7 aromatic carbocycles. The third-order valence-electron chi connectivity index (χ3n) is 9.29. The summed E-state index contributed by atoms with van der Waals surface area (Å²) in [6.07, 6.45) is 0. The summed E-state index contributed by atoms with van der Waals surface area (Å²) < 4.78 is 2.44. The van der Waals surface area contributed by atoms with Crippen LogP contribution in [0, 0.1) is 0 Å². The smallest absolute Gasteiger partial charge is 0.160 e. The van der Waals surface area contributed by atoms with E-state index in [1.54, 1.807) is 0 Å². The number of para-hydroxylation sites is 2. The van der Waals surface area contributed by atoms with Crippen molar-refractivity contribution in [2.75, 3.05) is 0 Å². The lowest BCUT2D eigenvalue weighted by Crippen LogP contribution is -1.94. The third kappa shape index (κ3) is 3.52. The monoisotopic (exact) mass is 571 g/mol. The number of aromatic nitrogens is 3. The largest absolute Gasteiger partial charge is 0.309 e. The van der Waals surface area contributed by atoms with E-state index in [1.807, 2.05) is 0 Å². The Labute approximate surface area is 258 Å². The van der Waals surface area contributed by atoms with Gasteiger partial charge in [-0.05, 0) is 69.4 Å². The lowest BCUT2D eigenvalue weighted by Gasteiger charge is -2.11. The molecule has 0 spiro atoms. The van der Waals surface area contributed by atoms with Crippen molar-refractivity contribution in [3.05, 3.63) is 152 Å². The molecule has 0 aliphatic heterocycles. The Bertz CT molecular complexity index is 2870. The molecule has 3 heterocycles. The molecule has 0 unspecified atom stereocenters. The molecule has 6 bridgehead atoms. The average molecular weight is 572 g/mol. The van der Waals surface area contributed by atoms with Crippen molar-refractivity contribution in [1.82, 2.24) is 14.5 Å². The van der Waals surface area contributed by atoms with Gasteiger partial charge in [-0.3, -0.25) is 0 Å². The van der Waals surface area contributed by atoms with Gasteiger partial charge < -0.3 is 4.57 Å². The first-order chi connectivity index (χ1) is 22.3. The van der Waals surface area contributed by atoms with Crippen LogP contribution < -0.4 is 0 Å². The molecule has 208 valence electrons. The molecule has 10 aromatic rings. The summed E-state index contributed by atoms with van der Waals surface area (Å²) in [6, 6.07) is 54.5. The van der Waals surface area contributed by atoms with Gasteiger partial charge in [-0.2, -0.15) is 0 Å². The van der Waals surface area contributed by atoms with Crippen LogP contribution in [0.25, 0.3) is 92.6 Å². The maximum atomic E-state index is 5.42. The summed E-state index contributed by atoms with van der Waals surface area (Å²) in [7, 11) is 0. The van der Waals surface area contributed by atoms with E-state index in [2.05, 4.69) is 156 Å². The number of fused-ring (bicyclic) bond motifs is 14. The van der Waals surface area contributed by atoms with Crippen LogP contribution in [0.4, 0.5) is 0 Å². The van der Waals surface area contributed by atoms with Crippen molar-refractivity contribution in [2.24, 2.45) is 0 Å². The first-order valence-corrected chi connectivity index (χ1v) is 15.3. The Morgan fingerprint density at radius 3 is 1.87 bits per heavy atom. The lowest BCUT2D eigenvalue weighted by atomic mass is 9.99. The van der Waals surface area contributed by atoms with Crippen LogP contribution in [0.3, 0.4) is 0 Å². The molecule has 0 saturated heterocycles. The minimum Gasteiger partial charge on any atom is -0.309 e. The predicted octanol–water partition coefficient (Wildman–Crippen LogP) is 11.1. The maximum absolute atomic E-state index is 5.42. The predicted molar refractivity (Wildman–Crippen MR) is 190 cm³/mol. The van der Waals surface area contributed by atoms with Crippen molar-refractivity contribution in [3.63, 3.8) is 0 Å². The van der Waals surface area contributed by atoms with Crippen molar-refractivity contribution in [1.29, 1.82) is 0 Å². The molecule has 10 rings (SSSR count). The fourth-order valence-electron chi connectivity index (χ4n) is 7.31. The minimum atomic E-state index is 0.731. The van der Waals surface area contributed by atoms with Crippen LogP contribution in [-0.2, 0) is 0 Å². The van der Waals surface area contributed by atoms with Crippen LogP contribution >= 0.6 is 0 Å².